The molecule has 1 N–H and O–H groups in total. The van der Waals surface area contributed by atoms with Crippen molar-refractivity contribution in [2.75, 3.05) is 26.3 Å². The summed E-state index contributed by atoms with van der Waals surface area (Å²) in [5.74, 6) is 0.310. The molecule has 1 unspecified atom stereocenters. The fraction of sp³-hybridized carbons (Fsp3) is 0.407. The normalized spacial score (nSPS) is 18.9. The van der Waals surface area contributed by atoms with Crippen molar-refractivity contribution >= 4 is 17.4 Å². The first-order chi connectivity index (χ1) is 16.0. The summed E-state index contributed by atoms with van der Waals surface area (Å²) in [6.45, 7) is 6.28. The Hall–Kier alpha value is -3.12. The van der Waals surface area contributed by atoms with Crippen LogP contribution >= 0.6 is 0 Å². The van der Waals surface area contributed by atoms with Gasteiger partial charge in [-0.1, -0.05) is 48.9 Å². The van der Waals surface area contributed by atoms with Crippen LogP contribution in [-0.4, -0.2) is 53.0 Å². The van der Waals surface area contributed by atoms with E-state index in [9.17, 15) is 14.7 Å². The summed E-state index contributed by atoms with van der Waals surface area (Å²) in [7, 11) is 0. The number of piperidine rings is 1. The molecule has 6 nitrogen and oxygen atoms in total. The lowest BCUT2D eigenvalue weighted by molar-refractivity contribution is -0.138. The van der Waals surface area contributed by atoms with Crippen LogP contribution in [0, 0.1) is 12.8 Å². The summed E-state index contributed by atoms with van der Waals surface area (Å²) in [4.78, 5) is 30.5. The van der Waals surface area contributed by atoms with E-state index < -0.39 is 0 Å². The first kappa shape index (κ1) is 23.1. The number of benzene rings is 2. The molecular weight excluding hydrogens is 416 g/mol. The van der Waals surface area contributed by atoms with Gasteiger partial charge in [0.15, 0.2) is 0 Å². The molecule has 0 aromatic heterocycles. The van der Waals surface area contributed by atoms with Crippen LogP contribution in [0.1, 0.15) is 42.9 Å². The van der Waals surface area contributed by atoms with Gasteiger partial charge in [0.2, 0.25) is 0 Å². The van der Waals surface area contributed by atoms with Crippen LogP contribution in [0.25, 0.3) is 5.57 Å². The molecule has 0 bridgehead atoms. The number of likely N-dealkylation sites (tertiary alicyclic amines) is 1. The minimum absolute atomic E-state index is 0.0811. The Labute approximate surface area is 195 Å². The van der Waals surface area contributed by atoms with Gasteiger partial charge in [-0.2, -0.15) is 0 Å². The van der Waals surface area contributed by atoms with Crippen LogP contribution in [0.3, 0.4) is 0 Å². The zero-order valence-corrected chi connectivity index (χ0v) is 19.4. The van der Waals surface area contributed by atoms with Crippen LogP contribution in [0.4, 0.5) is 0 Å². The third-order valence-electron chi connectivity index (χ3n) is 6.31. The number of imide groups is 1. The van der Waals surface area contributed by atoms with E-state index in [1.807, 2.05) is 60.4 Å². The van der Waals surface area contributed by atoms with Gasteiger partial charge in [-0.05, 0) is 55.4 Å². The molecule has 1 atom stereocenters. The maximum atomic E-state index is 13.6. The van der Waals surface area contributed by atoms with E-state index in [1.54, 1.807) is 0 Å². The van der Waals surface area contributed by atoms with Crippen LogP contribution in [0.2, 0.25) is 0 Å². The summed E-state index contributed by atoms with van der Waals surface area (Å²) in [6.07, 6.45) is 2.72. The van der Waals surface area contributed by atoms with E-state index in [1.165, 1.54) is 4.90 Å². The minimum atomic E-state index is -0.274. The van der Waals surface area contributed by atoms with Crippen LogP contribution in [0.15, 0.2) is 54.2 Å². The van der Waals surface area contributed by atoms with Crippen LogP contribution in [-0.2, 0) is 16.1 Å². The SMILES string of the molecule is CCCOc1ccc(C2=C(N3CCCC(CO)C3)C(=O)N(Cc3ccc(C)cc3)C2=O)cc1. The molecule has 174 valence electrons. The van der Waals surface area contributed by atoms with Gasteiger partial charge in [-0.3, -0.25) is 14.5 Å². The smallest absolute Gasteiger partial charge is 0.278 e. The van der Waals surface area contributed by atoms with Gasteiger partial charge >= 0.3 is 0 Å². The Morgan fingerprint density at radius 2 is 1.76 bits per heavy atom. The Bertz CT molecular complexity index is 1030. The predicted octanol–water partition coefficient (Wildman–Crippen LogP) is 3.77. The number of carbonyl (C=O) groups is 2. The van der Waals surface area contributed by atoms with Crippen molar-refractivity contribution in [3.63, 3.8) is 0 Å². The second kappa shape index (κ2) is 10.2. The Balaban J connectivity index is 1.68. The zero-order chi connectivity index (χ0) is 23.4. The lowest BCUT2D eigenvalue weighted by Gasteiger charge is -2.34. The first-order valence-electron chi connectivity index (χ1n) is 11.8. The van der Waals surface area contributed by atoms with Crippen molar-refractivity contribution < 1.29 is 19.4 Å². The Morgan fingerprint density at radius 1 is 1.03 bits per heavy atom. The average molecular weight is 449 g/mol. The molecule has 0 radical (unpaired) electrons. The summed E-state index contributed by atoms with van der Waals surface area (Å²) < 4.78 is 5.69. The van der Waals surface area contributed by atoms with Gasteiger partial charge in [0.05, 0.1) is 18.7 Å². The van der Waals surface area contributed by atoms with E-state index in [2.05, 4.69) is 6.92 Å². The molecule has 2 aromatic rings. The number of aliphatic hydroxyl groups excluding tert-OH is 1. The van der Waals surface area contributed by atoms with Crippen molar-refractivity contribution in [1.82, 2.24) is 9.80 Å². The molecule has 4 rings (SSSR count). The van der Waals surface area contributed by atoms with Gasteiger partial charge in [0.25, 0.3) is 11.8 Å². The molecule has 2 aliphatic heterocycles. The van der Waals surface area contributed by atoms with Crippen LogP contribution in [0.5, 0.6) is 5.75 Å². The number of aryl methyl sites for hydroxylation is 1. The molecule has 2 amide bonds. The van der Waals surface area contributed by atoms with E-state index in [4.69, 9.17) is 4.74 Å². The van der Waals surface area contributed by atoms with E-state index in [0.717, 1.165) is 36.1 Å². The van der Waals surface area contributed by atoms with Crippen molar-refractivity contribution in [3.05, 3.63) is 70.9 Å². The Morgan fingerprint density at radius 3 is 2.42 bits per heavy atom. The summed E-state index contributed by atoms with van der Waals surface area (Å²) in [6, 6.07) is 15.3. The van der Waals surface area contributed by atoms with Crippen molar-refractivity contribution in [3.8, 4) is 5.75 Å². The summed E-state index contributed by atoms with van der Waals surface area (Å²) in [5.41, 5.74) is 3.65. The lowest BCUT2D eigenvalue weighted by atomic mass is 9.97. The lowest BCUT2D eigenvalue weighted by Crippen LogP contribution is -2.40. The highest BCUT2D eigenvalue weighted by Crippen LogP contribution is 2.35. The number of carbonyl (C=O) groups excluding carboxylic acids is 2. The van der Waals surface area contributed by atoms with Crippen molar-refractivity contribution in [1.29, 1.82) is 0 Å². The topological polar surface area (TPSA) is 70.1 Å². The third-order valence-corrected chi connectivity index (χ3v) is 6.31. The number of amides is 2. The fourth-order valence-corrected chi connectivity index (χ4v) is 4.49. The molecule has 0 spiro atoms. The van der Waals surface area contributed by atoms with Gasteiger partial charge in [0.1, 0.15) is 11.4 Å². The van der Waals surface area contributed by atoms with Gasteiger partial charge in [0, 0.05) is 19.7 Å². The van der Waals surface area contributed by atoms with E-state index in [0.29, 0.717) is 36.5 Å². The van der Waals surface area contributed by atoms with Gasteiger partial charge in [-0.15, -0.1) is 0 Å². The van der Waals surface area contributed by atoms with Gasteiger partial charge in [-0.25, -0.2) is 0 Å². The number of aliphatic hydroxyl groups is 1. The largest absolute Gasteiger partial charge is 0.494 e. The molecule has 2 aromatic carbocycles. The third kappa shape index (κ3) is 4.96. The second-order valence-electron chi connectivity index (χ2n) is 8.92. The molecule has 6 heteroatoms. The van der Waals surface area contributed by atoms with Crippen molar-refractivity contribution in [2.24, 2.45) is 5.92 Å². The highest BCUT2D eigenvalue weighted by atomic mass is 16.5. The highest BCUT2D eigenvalue weighted by molar-refractivity contribution is 6.35. The molecule has 2 aliphatic rings. The minimum Gasteiger partial charge on any atom is -0.494 e. The van der Waals surface area contributed by atoms with E-state index >= 15 is 0 Å². The second-order valence-corrected chi connectivity index (χ2v) is 8.92. The van der Waals surface area contributed by atoms with E-state index in [-0.39, 0.29) is 30.9 Å². The van der Waals surface area contributed by atoms with Crippen molar-refractivity contribution in [2.45, 2.75) is 39.7 Å². The maximum Gasteiger partial charge on any atom is 0.278 e. The maximum absolute atomic E-state index is 13.6. The predicted molar refractivity (Wildman–Crippen MR) is 127 cm³/mol. The number of ether oxygens (including phenoxy) is 1. The number of nitrogens with zero attached hydrogens (tertiary/aromatic N) is 2. The molecule has 33 heavy (non-hydrogen) atoms. The highest BCUT2D eigenvalue weighted by Gasteiger charge is 2.42. The molecular formula is C27H32N2O4. The molecule has 1 saturated heterocycles. The number of rotatable bonds is 8. The Kier molecular flexibility index (Phi) is 7.14. The van der Waals surface area contributed by atoms with Gasteiger partial charge < -0.3 is 14.7 Å². The standard InChI is InChI=1S/C27H32N2O4/c1-3-15-33-23-12-10-22(11-13-23)24-25(28-14-4-5-21(16-28)18-30)27(32)29(26(24)31)17-20-8-6-19(2)7-9-20/h6-13,21,30H,3-5,14-18H2,1-2H3. The first-order valence-corrected chi connectivity index (χ1v) is 11.8. The monoisotopic (exact) mass is 448 g/mol. The fourth-order valence-electron chi connectivity index (χ4n) is 4.49. The van der Waals surface area contributed by atoms with Crippen LogP contribution < -0.4 is 4.74 Å². The molecule has 0 aliphatic carbocycles. The summed E-state index contributed by atoms with van der Waals surface area (Å²) in [5, 5.41) is 9.70. The zero-order valence-electron chi connectivity index (χ0n) is 19.4. The molecule has 0 saturated carbocycles. The number of hydrogen-bond donors (Lipinski definition) is 1. The number of hydrogen-bond acceptors (Lipinski definition) is 5. The average Bonchev–Trinajstić information content (AvgIpc) is 3.09. The quantitative estimate of drug-likeness (QED) is 0.623. The summed E-state index contributed by atoms with van der Waals surface area (Å²) >= 11 is 0. The molecule has 2 heterocycles. The molecule has 1 fully saturated rings.